The fourth-order valence-corrected chi connectivity index (χ4v) is 1.69. The first-order chi connectivity index (χ1) is 8.84. The summed E-state index contributed by atoms with van der Waals surface area (Å²) in [6.45, 7) is 0. The van der Waals surface area contributed by atoms with Gasteiger partial charge in [-0.3, -0.25) is 20.2 Å². The summed E-state index contributed by atoms with van der Waals surface area (Å²) in [6, 6.07) is 2.31. The lowest BCUT2D eigenvalue weighted by molar-refractivity contribution is -0.394. The molecule has 0 bridgehead atoms. The van der Waals surface area contributed by atoms with Gasteiger partial charge < -0.3 is 11.5 Å². The Morgan fingerprint density at radius 1 is 1.25 bits per heavy atom. The molecule has 0 fully saturated rings. The van der Waals surface area contributed by atoms with Crippen molar-refractivity contribution >= 4 is 51.9 Å². The summed E-state index contributed by atoms with van der Waals surface area (Å²) in [5.41, 5.74) is 8.75. The highest BCUT2D eigenvalue weighted by molar-refractivity contribution is 9.10. The van der Waals surface area contributed by atoms with Gasteiger partial charge in [0.25, 0.3) is 11.4 Å². The molecule has 0 aliphatic heterocycles. The molecule has 0 unspecified atom stereocenters. The van der Waals surface area contributed by atoms with Crippen LogP contribution in [0, 0.1) is 20.2 Å². The van der Waals surface area contributed by atoms with Gasteiger partial charge >= 0.3 is 0 Å². The van der Waals surface area contributed by atoms with Crippen molar-refractivity contribution in [3.8, 4) is 0 Å². The van der Waals surface area contributed by atoms with E-state index in [9.17, 15) is 20.2 Å². The Hall–Kier alpha value is -2.27. The van der Waals surface area contributed by atoms with Crippen LogP contribution in [-0.2, 0) is 0 Å². The van der Waals surface area contributed by atoms with Crippen LogP contribution in [0.2, 0.25) is 0 Å². The van der Waals surface area contributed by atoms with Crippen LogP contribution in [0.4, 0.5) is 11.4 Å². The zero-order valence-corrected chi connectivity index (χ0v) is 12.0. The maximum atomic E-state index is 10.9. The second-order valence-electron chi connectivity index (χ2n) is 3.11. The SMILES string of the molecule is Cl.NC(N)=N/N=C/c1c([N+](=O)[O-])ccc(Br)c1[N+](=O)[O-]. The lowest BCUT2D eigenvalue weighted by Gasteiger charge is -2.00. The maximum Gasteiger partial charge on any atom is 0.299 e. The first-order valence-corrected chi connectivity index (χ1v) is 5.37. The smallest absolute Gasteiger partial charge is 0.299 e. The van der Waals surface area contributed by atoms with E-state index in [0.29, 0.717) is 0 Å². The average molecular weight is 368 g/mol. The molecule has 0 atom stereocenters. The van der Waals surface area contributed by atoms with Crippen LogP contribution in [0.25, 0.3) is 0 Å². The first kappa shape index (κ1) is 17.7. The van der Waals surface area contributed by atoms with Gasteiger partial charge in [-0.2, -0.15) is 5.10 Å². The molecule has 0 aliphatic carbocycles. The highest BCUT2D eigenvalue weighted by Gasteiger charge is 2.26. The third-order valence-electron chi connectivity index (χ3n) is 1.88. The normalized spacial score (nSPS) is 9.85. The van der Waals surface area contributed by atoms with Crippen molar-refractivity contribution in [3.05, 3.63) is 42.4 Å². The van der Waals surface area contributed by atoms with Crippen LogP contribution < -0.4 is 11.5 Å². The fraction of sp³-hybridized carbons (Fsp3) is 0. The molecule has 0 radical (unpaired) electrons. The maximum absolute atomic E-state index is 10.9. The van der Waals surface area contributed by atoms with E-state index in [4.69, 9.17) is 11.5 Å². The van der Waals surface area contributed by atoms with E-state index in [1.807, 2.05) is 0 Å². The minimum atomic E-state index is -0.770. The summed E-state index contributed by atoms with van der Waals surface area (Å²) in [6.07, 6.45) is 0.848. The second-order valence-corrected chi connectivity index (χ2v) is 3.97. The second kappa shape index (κ2) is 7.35. The van der Waals surface area contributed by atoms with Crippen molar-refractivity contribution in [3.63, 3.8) is 0 Å². The fourth-order valence-electron chi connectivity index (χ4n) is 1.20. The van der Waals surface area contributed by atoms with Gasteiger partial charge in [0.2, 0.25) is 5.96 Å². The Balaban J connectivity index is 0.00000361. The Kier molecular flexibility index (Phi) is 6.52. The highest BCUT2D eigenvalue weighted by Crippen LogP contribution is 2.33. The Bertz CT molecular complexity index is 601. The predicted octanol–water partition coefficient (Wildman–Crippen LogP) is 1.29. The summed E-state index contributed by atoms with van der Waals surface area (Å²) in [5.74, 6) is -0.378. The average Bonchev–Trinajstić information content (AvgIpc) is 2.27. The van der Waals surface area contributed by atoms with Crippen molar-refractivity contribution < 1.29 is 9.85 Å². The van der Waals surface area contributed by atoms with Crippen molar-refractivity contribution in [1.82, 2.24) is 0 Å². The number of rotatable bonds is 4. The van der Waals surface area contributed by atoms with Gasteiger partial charge in [0.05, 0.1) is 20.5 Å². The molecule has 1 aromatic carbocycles. The third kappa shape index (κ3) is 4.13. The molecule has 0 aliphatic rings. The highest BCUT2D eigenvalue weighted by atomic mass is 79.9. The molecule has 4 N–H and O–H groups in total. The number of nitrogens with two attached hydrogens (primary N) is 2. The van der Waals surface area contributed by atoms with Crippen LogP contribution in [-0.4, -0.2) is 22.0 Å². The minimum Gasteiger partial charge on any atom is -0.369 e. The van der Waals surface area contributed by atoms with Crippen molar-refractivity contribution in [2.45, 2.75) is 0 Å². The summed E-state index contributed by atoms with van der Waals surface area (Å²) in [5, 5.41) is 28.3. The number of hydrogen-bond donors (Lipinski definition) is 2. The van der Waals surface area contributed by atoms with Gasteiger partial charge in [-0.1, -0.05) is 0 Å². The van der Waals surface area contributed by atoms with Crippen molar-refractivity contribution in [1.29, 1.82) is 0 Å². The molecular formula is C8H8BrClN6O4. The van der Waals surface area contributed by atoms with Gasteiger partial charge in [-0.05, 0) is 22.0 Å². The number of nitro benzene ring substituents is 2. The molecule has 0 saturated heterocycles. The Labute approximate surface area is 126 Å². The van der Waals surface area contributed by atoms with E-state index in [2.05, 4.69) is 26.1 Å². The summed E-state index contributed by atoms with van der Waals surface area (Å²) in [7, 11) is 0. The van der Waals surface area contributed by atoms with E-state index in [1.165, 1.54) is 6.07 Å². The van der Waals surface area contributed by atoms with E-state index in [-0.39, 0.29) is 28.4 Å². The largest absolute Gasteiger partial charge is 0.369 e. The number of hydrogen-bond acceptors (Lipinski definition) is 6. The topological polar surface area (TPSA) is 163 Å². The van der Waals surface area contributed by atoms with Crippen LogP contribution in [0.15, 0.2) is 26.8 Å². The van der Waals surface area contributed by atoms with Gasteiger partial charge in [0, 0.05) is 6.07 Å². The molecule has 0 saturated carbocycles. The number of nitrogens with zero attached hydrogens (tertiary/aromatic N) is 4. The van der Waals surface area contributed by atoms with Gasteiger partial charge in [-0.15, -0.1) is 17.5 Å². The van der Waals surface area contributed by atoms with Crippen molar-refractivity contribution in [2.24, 2.45) is 21.7 Å². The molecule has 1 rings (SSSR count). The molecule has 0 amide bonds. The zero-order chi connectivity index (χ0) is 14.6. The van der Waals surface area contributed by atoms with Gasteiger partial charge in [-0.25, -0.2) is 0 Å². The van der Waals surface area contributed by atoms with Crippen molar-refractivity contribution in [2.75, 3.05) is 0 Å². The molecule has 108 valence electrons. The number of halogens is 2. The monoisotopic (exact) mass is 366 g/mol. The molecule has 0 aromatic heterocycles. The van der Waals surface area contributed by atoms with Gasteiger partial charge in [0.15, 0.2) is 5.56 Å². The number of benzene rings is 1. The number of guanidine groups is 1. The van der Waals surface area contributed by atoms with Crippen LogP contribution in [0.5, 0.6) is 0 Å². The lowest BCUT2D eigenvalue weighted by atomic mass is 10.1. The van der Waals surface area contributed by atoms with Crippen LogP contribution >= 0.6 is 28.3 Å². The zero-order valence-electron chi connectivity index (χ0n) is 9.59. The van der Waals surface area contributed by atoms with E-state index in [1.54, 1.807) is 0 Å². The Morgan fingerprint density at radius 3 is 2.30 bits per heavy atom. The quantitative estimate of drug-likeness (QED) is 0.352. The van der Waals surface area contributed by atoms with Crippen LogP contribution in [0.1, 0.15) is 5.56 Å². The van der Waals surface area contributed by atoms with Crippen LogP contribution in [0.3, 0.4) is 0 Å². The summed E-state index contributed by atoms with van der Waals surface area (Å²) in [4.78, 5) is 20.2. The van der Waals surface area contributed by atoms with Gasteiger partial charge in [0.1, 0.15) is 0 Å². The van der Waals surface area contributed by atoms with E-state index in [0.717, 1.165) is 12.3 Å². The van der Waals surface area contributed by atoms with E-state index >= 15 is 0 Å². The van der Waals surface area contributed by atoms with E-state index < -0.39 is 21.2 Å². The predicted molar refractivity (Wildman–Crippen MR) is 78.1 cm³/mol. The summed E-state index contributed by atoms with van der Waals surface area (Å²) >= 11 is 2.94. The number of nitro groups is 2. The lowest BCUT2D eigenvalue weighted by Crippen LogP contribution is -2.21. The standard InChI is InChI=1S/C8H7BrN6O4.ClH/c9-5-1-2-6(14(16)17)4(7(5)15(18)19)3-12-13-8(10)11;/h1-3H,(H4,10,11,13);1H/b12-3+;. The Morgan fingerprint density at radius 2 is 1.85 bits per heavy atom. The molecule has 0 heterocycles. The molecule has 12 heteroatoms. The molecule has 10 nitrogen and oxygen atoms in total. The first-order valence-electron chi connectivity index (χ1n) is 4.58. The summed E-state index contributed by atoms with van der Waals surface area (Å²) < 4.78 is 0.0780. The molecular weight excluding hydrogens is 359 g/mol. The molecule has 0 spiro atoms. The molecule has 1 aromatic rings. The third-order valence-corrected chi connectivity index (χ3v) is 2.52. The minimum absolute atomic E-state index is 0. The molecule has 20 heavy (non-hydrogen) atoms.